The fourth-order valence-corrected chi connectivity index (χ4v) is 2.96. The van der Waals surface area contributed by atoms with Crippen LogP contribution in [0.15, 0.2) is 41.1 Å². The first-order valence-electron chi connectivity index (χ1n) is 5.94. The zero-order chi connectivity index (χ0) is 12.5. The smallest absolute Gasteiger partial charge is 0.0873 e. The summed E-state index contributed by atoms with van der Waals surface area (Å²) in [6.07, 6.45) is 0.838. The number of rotatable bonds is 3. The third kappa shape index (κ3) is 1.94. The summed E-state index contributed by atoms with van der Waals surface area (Å²) in [6.45, 7) is 0. The van der Waals surface area contributed by atoms with Crippen LogP contribution in [-0.4, -0.2) is 9.78 Å². The Labute approximate surface area is 110 Å². The number of para-hydroxylation sites is 1. The standard InChI is InChI=1S/C14H15N3S/c1-17-13-5-3-2-4-11(13)14(16-17)12(15)8-10-6-7-18-9-10/h2-7,9,12H,8,15H2,1H3. The van der Waals surface area contributed by atoms with Crippen LogP contribution in [0.5, 0.6) is 0 Å². The van der Waals surface area contributed by atoms with Gasteiger partial charge in [0.15, 0.2) is 0 Å². The SMILES string of the molecule is Cn1nc(C(N)Cc2ccsc2)c2ccccc21. The molecule has 92 valence electrons. The Kier molecular flexibility index (Phi) is 2.89. The van der Waals surface area contributed by atoms with Crippen LogP contribution < -0.4 is 5.73 Å². The van der Waals surface area contributed by atoms with Crippen molar-refractivity contribution in [1.82, 2.24) is 9.78 Å². The second-order valence-corrected chi connectivity index (χ2v) is 5.25. The highest BCUT2D eigenvalue weighted by Crippen LogP contribution is 2.24. The lowest BCUT2D eigenvalue weighted by molar-refractivity contribution is 0.666. The molecule has 1 aromatic carbocycles. The molecule has 2 aromatic heterocycles. The van der Waals surface area contributed by atoms with E-state index in [1.54, 1.807) is 11.3 Å². The minimum atomic E-state index is -0.0503. The van der Waals surface area contributed by atoms with Crippen LogP contribution in [0.1, 0.15) is 17.3 Å². The van der Waals surface area contributed by atoms with Gasteiger partial charge in [0.2, 0.25) is 0 Å². The van der Waals surface area contributed by atoms with Gasteiger partial charge in [0.05, 0.1) is 17.3 Å². The van der Waals surface area contributed by atoms with Crippen molar-refractivity contribution in [3.63, 3.8) is 0 Å². The van der Waals surface area contributed by atoms with Gasteiger partial charge in [0, 0.05) is 12.4 Å². The van der Waals surface area contributed by atoms with Gasteiger partial charge in [0.25, 0.3) is 0 Å². The van der Waals surface area contributed by atoms with E-state index >= 15 is 0 Å². The summed E-state index contributed by atoms with van der Waals surface area (Å²) in [7, 11) is 1.96. The van der Waals surface area contributed by atoms with Crippen molar-refractivity contribution in [1.29, 1.82) is 0 Å². The van der Waals surface area contributed by atoms with Gasteiger partial charge in [0.1, 0.15) is 0 Å². The maximum atomic E-state index is 6.29. The summed E-state index contributed by atoms with van der Waals surface area (Å²) in [5, 5.41) is 9.95. The van der Waals surface area contributed by atoms with Gasteiger partial charge in [-0.05, 0) is 34.9 Å². The number of hydrogen-bond acceptors (Lipinski definition) is 3. The highest BCUT2D eigenvalue weighted by Gasteiger charge is 2.15. The van der Waals surface area contributed by atoms with Gasteiger partial charge < -0.3 is 5.73 Å². The first-order chi connectivity index (χ1) is 8.75. The van der Waals surface area contributed by atoms with Crippen molar-refractivity contribution in [2.75, 3.05) is 0 Å². The Morgan fingerprint density at radius 3 is 2.94 bits per heavy atom. The molecule has 0 amide bonds. The van der Waals surface area contributed by atoms with Gasteiger partial charge in [-0.1, -0.05) is 18.2 Å². The molecule has 2 heterocycles. The van der Waals surface area contributed by atoms with Crippen LogP contribution in [0, 0.1) is 0 Å². The van der Waals surface area contributed by atoms with E-state index in [-0.39, 0.29) is 6.04 Å². The highest BCUT2D eigenvalue weighted by molar-refractivity contribution is 7.07. The molecule has 0 aliphatic carbocycles. The predicted molar refractivity (Wildman–Crippen MR) is 75.7 cm³/mol. The summed E-state index contributed by atoms with van der Waals surface area (Å²) in [4.78, 5) is 0. The molecule has 0 saturated heterocycles. The number of nitrogens with zero attached hydrogens (tertiary/aromatic N) is 2. The molecule has 0 bridgehead atoms. The van der Waals surface area contributed by atoms with E-state index in [0.29, 0.717) is 0 Å². The predicted octanol–water partition coefficient (Wildman–Crippen LogP) is 2.88. The van der Waals surface area contributed by atoms with Gasteiger partial charge >= 0.3 is 0 Å². The number of hydrogen-bond donors (Lipinski definition) is 1. The molecule has 3 aromatic rings. The number of thiophene rings is 1. The number of nitrogens with two attached hydrogens (primary N) is 1. The zero-order valence-corrected chi connectivity index (χ0v) is 11.0. The molecular formula is C14H15N3S. The first kappa shape index (κ1) is 11.4. The fourth-order valence-electron chi connectivity index (χ4n) is 2.28. The molecule has 3 nitrogen and oxygen atoms in total. The molecule has 4 heteroatoms. The molecule has 0 aliphatic heterocycles. The Hall–Kier alpha value is -1.65. The lowest BCUT2D eigenvalue weighted by Crippen LogP contribution is -2.14. The Balaban J connectivity index is 1.98. The fraction of sp³-hybridized carbons (Fsp3) is 0.214. The van der Waals surface area contributed by atoms with E-state index in [4.69, 9.17) is 5.73 Å². The molecule has 1 atom stereocenters. The van der Waals surface area contributed by atoms with Gasteiger partial charge in [-0.25, -0.2) is 0 Å². The third-order valence-electron chi connectivity index (χ3n) is 3.17. The van der Waals surface area contributed by atoms with E-state index < -0.39 is 0 Å². The van der Waals surface area contributed by atoms with Crippen LogP contribution in [0.3, 0.4) is 0 Å². The Morgan fingerprint density at radius 1 is 1.33 bits per heavy atom. The quantitative estimate of drug-likeness (QED) is 0.784. The average molecular weight is 257 g/mol. The monoisotopic (exact) mass is 257 g/mol. The summed E-state index contributed by atoms with van der Waals surface area (Å²) in [5.74, 6) is 0. The highest BCUT2D eigenvalue weighted by atomic mass is 32.1. The van der Waals surface area contributed by atoms with Gasteiger partial charge in [-0.3, -0.25) is 4.68 Å². The van der Waals surface area contributed by atoms with E-state index in [1.807, 2.05) is 23.9 Å². The van der Waals surface area contributed by atoms with Crippen molar-refractivity contribution in [2.45, 2.75) is 12.5 Å². The first-order valence-corrected chi connectivity index (χ1v) is 6.88. The summed E-state index contributed by atoms with van der Waals surface area (Å²) in [6, 6.07) is 10.3. The van der Waals surface area contributed by atoms with Crippen molar-refractivity contribution in [2.24, 2.45) is 12.8 Å². The van der Waals surface area contributed by atoms with Crippen LogP contribution in [0.2, 0.25) is 0 Å². The number of fused-ring (bicyclic) bond motifs is 1. The van der Waals surface area contributed by atoms with Crippen molar-refractivity contribution in [3.8, 4) is 0 Å². The lowest BCUT2D eigenvalue weighted by Gasteiger charge is -2.07. The van der Waals surface area contributed by atoms with E-state index in [0.717, 1.165) is 23.0 Å². The largest absolute Gasteiger partial charge is 0.322 e. The maximum absolute atomic E-state index is 6.29. The van der Waals surface area contributed by atoms with Crippen LogP contribution in [0.4, 0.5) is 0 Å². The Bertz CT molecular complexity index is 655. The average Bonchev–Trinajstić information content (AvgIpc) is 2.98. The normalized spacial score (nSPS) is 13.0. The molecule has 3 rings (SSSR count). The Morgan fingerprint density at radius 2 is 2.17 bits per heavy atom. The minimum absolute atomic E-state index is 0.0503. The molecule has 1 unspecified atom stereocenters. The summed E-state index contributed by atoms with van der Waals surface area (Å²) >= 11 is 1.70. The minimum Gasteiger partial charge on any atom is -0.322 e. The molecule has 2 N–H and O–H groups in total. The molecule has 18 heavy (non-hydrogen) atoms. The molecular weight excluding hydrogens is 242 g/mol. The second-order valence-electron chi connectivity index (χ2n) is 4.47. The molecule has 0 spiro atoms. The molecule has 0 saturated carbocycles. The zero-order valence-electron chi connectivity index (χ0n) is 10.2. The van der Waals surface area contributed by atoms with Crippen LogP contribution in [0.25, 0.3) is 10.9 Å². The van der Waals surface area contributed by atoms with E-state index in [1.165, 1.54) is 5.56 Å². The third-order valence-corrected chi connectivity index (χ3v) is 3.91. The van der Waals surface area contributed by atoms with E-state index in [9.17, 15) is 0 Å². The molecule has 0 radical (unpaired) electrons. The van der Waals surface area contributed by atoms with E-state index in [2.05, 4.69) is 34.1 Å². The van der Waals surface area contributed by atoms with Gasteiger partial charge in [-0.15, -0.1) is 0 Å². The van der Waals surface area contributed by atoms with Crippen molar-refractivity contribution >= 4 is 22.2 Å². The lowest BCUT2D eigenvalue weighted by atomic mass is 10.0. The summed E-state index contributed by atoms with van der Waals surface area (Å²) < 4.78 is 1.90. The van der Waals surface area contributed by atoms with Crippen LogP contribution in [-0.2, 0) is 13.5 Å². The molecule has 0 aliphatic rings. The second kappa shape index (κ2) is 4.55. The number of aryl methyl sites for hydroxylation is 1. The maximum Gasteiger partial charge on any atom is 0.0873 e. The van der Waals surface area contributed by atoms with Crippen molar-refractivity contribution < 1.29 is 0 Å². The topological polar surface area (TPSA) is 43.8 Å². The van der Waals surface area contributed by atoms with Gasteiger partial charge in [-0.2, -0.15) is 16.4 Å². The van der Waals surface area contributed by atoms with Crippen molar-refractivity contribution in [3.05, 3.63) is 52.3 Å². The van der Waals surface area contributed by atoms with Crippen LogP contribution >= 0.6 is 11.3 Å². The number of aromatic nitrogens is 2. The summed E-state index contributed by atoms with van der Waals surface area (Å²) in [5.41, 5.74) is 9.69. The number of benzene rings is 1. The molecule has 0 fully saturated rings.